The maximum absolute atomic E-state index is 12.9. The van der Waals surface area contributed by atoms with Gasteiger partial charge >= 0.3 is 0 Å². The van der Waals surface area contributed by atoms with Crippen molar-refractivity contribution in [1.82, 2.24) is 29.3 Å². The molecule has 1 aromatic carbocycles. The molecule has 0 unspecified atom stereocenters. The van der Waals surface area contributed by atoms with Crippen LogP contribution in [-0.4, -0.2) is 56.1 Å². The number of nitrogens with one attached hydrogen (secondary N) is 1. The van der Waals surface area contributed by atoms with E-state index in [1.165, 1.54) is 0 Å². The molecule has 0 saturated carbocycles. The average molecular weight is 350 g/mol. The Bertz CT molecular complexity index is 900. The van der Waals surface area contributed by atoms with E-state index in [4.69, 9.17) is 0 Å². The van der Waals surface area contributed by atoms with E-state index in [0.717, 1.165) is 24.5 Å². The Balaban J connectivity index is 1.57. The van der Waals surface area contributed by atoms with Gasteiger partial charge in [0.25, 0.3) is 5.91 Å². The molecule has 1 aliphatic rings. The Morgan fingerprint density at radius 2 is 1.85 bits per heavy atom. The molecule has 1 saturated heterocycles. The second kappa shape index (κ2) is 6.76. The summed E-state index contributed by atoms with van der Waals surface area (Å²) in [6.45, 7) is 1.70. The van der Waals surface area contributed by atoms with Crippen LogP contribution in [0.5, 0.6) is 0 Å². The largest absolute Gasteiger partial charge is 0.346 e. The van der Waals surface area contributed by atoms with Crippen molar-refractivity contribution in [1.29, 1.82) is 0 Å². The predicted molar refractivity (Wildman–Crippen MR) is 98.3 cm³/mol. The monoisotopic (exact) mass is 350 g/mol. The lowest BCUT2D eigenvalue weighted by Crippen LogP contribution is -2.40. The number of benzene rings is 1. The van der Waals surface area contributed by atoms with Crippen molar-refractivity contribution in [3.63, 3.8) is 0 Å². The normalized spacial score (nSPS) is 20.4. The number of hydrogen-bond acceptors (Lipinski definition) is 4. The number of likely N-dealkylation sites (N-methyl/N-ethyl adjacent to an activating group) is 1. The summed E-state index contributed by atoms with van der Waals surface area (Å²) in [5.74, 6) is 0.100. The van der Waals surface area contributed by atoms with E-state index in [1.54, 1.807) is 18.9 Å². The van der Waals surface area contributed by atoms with Crippen molar-refractivity contribution in [3.8, 4) is 5.69 Å². The molecule has 2 aromatic heterocycles. The van der Waals surface area contributed by atoms with Crippen LogP contribution in [-0.2, 0) is 7.05 Å². The van der Waals surface area contributed by atoms with E-state index in [9.17, 15) is 4.79 Å². The van der Waals surface area contributed by atoms with Crippen molar-refractivity contribution in [3.05, 3.63) is 66.8 Å². The molecule has 3 aromatic rings. The lowest BCUT2D eigenvalue weighted by molar-refractivity contribution is 0.0928. The maximum Gasteiger partial charge on any atom is 0.270 e. The highest BCUT2D eigenvalue weighted by molar-refractivity contribution is 5.93. The number of aromatic nitrogens is 4. The van der Waals surface area contributed by atoms with Gasteiger partial charge in [0, 0.05) is 43.6 Å². The number of para-hydroxylation sites is 1. The van der Waals surface area contributed by atoms with Crippen molar-refractivity contribution < 1.29 is 4.79 Å². The van der Waals surface area contributed by atoms with E-state index in [2.05, 4.69) is 27.2 Å². The first kappa shape index (κ1) is 16.5. The molecule has 0 aliphatic carbocycles. The first-order valence-electron chi connectivity index (χ1n) is 8.67. The molecule has 4 rings (SSSR count). The smallest absolute Gasteiger partial charge is 0.270 e. The lowest BCUT2D eigenvalue weighted by Gasteiger charge is -2.20. The predicted octanol–water partition coefficient (Wildman–Crippen LogP) is 1.43. The number of carbonyl (C=O) groups excluding carboxylic acids is 1. The molecule has 0 radical (unpaired) electrons. The summed E-state index contributed by atoms with van der Waals surface area (Å²) < 4.78 is 3.84. The minimum absolute atomic E-state index is 0.0297. The molecule has 0 spiro atoms. The van der Waals surface area contributed by atoms with E-state index in [0.29, 0.717) is 5.69 Å². The second-order valence-corrected chi connectivity index (χ2v) is 6.82. The van der Waals surface area contributed by atoms with Crippen molar-refractivity contribution in [2.75, 3.05) is 20.1 Å². The first-order chi connectivity index (χ1) is 12.6. The number of rotatable bonds is 4. The number of imidazole rings is 2. The maximum atomic E-state index is 12.9. The van der Waals surface area contributed by atoms with Crippen molar-refractivity contribution >= 4 is 5.91 Å². The summed E-state index contributed by atoms with van der Waals surface area (Å²) in [6, 6.07) is 9.79. The van der Waals surface area contributed by atoms with Gasteiger partial charge in [-0.3, -0.25) is 9.36 Å². The molecule has 1 aliphatic heterocycles. The van der Waals surface area contributed by atoms with Crippen LogP contribution in [0.1, 0.15) is 22.1 Å². The molecule has 3 heterocycles. The molecule has 1 N–H and O–H groups in total. The van der Waals surface area contributed by atoms with E-state index in [1.807, 2.05) is 52.7 Å². The fraction of sp³-hybridized carbons (Fsp3) is 0.316. The third-order valence-electron chi connectivity index (χ3n) is 4.96. The summed E-state index contributed by atoms with van der Waals surface area (Å²) in [7, 11) is 4.06. The summed E-state index contributed by atoms with van der Waals surface area (Å²) >= 11 is 0. The van der Waals surface area contributed by atoms with Crippen LogP contribution in [0.2, 0.25) is 0 Å². The molecule has 1 fully saturated rings. The van der Waals surface area contributed by atoms with Gasteiger partial charge in [0.05, 0.1) is 24.9 Å². The standard InChI is InChI=1S/C19H22N6O/c1-23-10-15(17-8-20-12-24(17)2)16(11-23)22-19(26)18-9-21-13-25(18)14-6-4-3-5-7-14/h3-9,12-13,15-16H,10-11H2,1-2H3,(H,22,26)/t15-,16-/m1/s1. The van der Waals surface area contributed by atoms with Gasteiger partial charge < -0.3 is 14.8 Å². The zero-order valence-corrected chi connectivity index (χ0v) is 14.9. The van der Waals surface area contributed by atoms with Crippen LogP contribution in [0.15, 0.2) is 55.4 Å². The highest BCUT2D eigenvalue weighted by atomic mass is 16.2. The van der Waals surface area contributed by atoms with Gasteiger partial charge in [-0.2, -0.15) is 0 Å². The molecule has 2 atom stereocenters. The number of likely N-dealkylation sites (tertiary alicyclic amines) is 1. The van der Waals surface area contributed by atoms with E-state index < -0.39 is 0 Å². The van der Waals surface area contributed by atoms with E-state index in [-0.39, 0.29) is 17.9 Å². The zero-order chi connectivity index (χ0) is 18.1. The van der Waals surface area contributed by atoms with Gasteiger partial charge in [-0.1, -0.05) is 18.2 Å². The molecule has 7 nitrogen and oxygen atoms in total. The third kappa shape index (κ3) is 3.01. The first-order valence-corrected chi connectivity index (χ1v) is 8.67. The Labute approximate surface area is 152 Å². The van der Waals surface area contributed by atoms with Crippen LogP contribution in [0.4, 0.5) is 0 Å². The molecule has 0 bridgehead atoms. The van der Waals surface area contributed by atoms with Gasteiger partial charge in [0.2, 0.25) is 0 Å². The fourth-order valence-electron chi connectivity index (χ4n) is 3.67. The molecule has 134 valence electrons. The van der Waals surface area contributed by atoms with Crippen LogP contribution < -0.4 is 5.32 Å². The number of hydrogen-bond donors (Lipinski definition) is 1. The van der Waals surface area contributed by atoms with E-state index >= 15 is 0 Å². The Morgan fingerprint density at radius 1 is 1.08 bits per heavy atom. The number of aryl methyl sites for hydroxylation is 1. The van der Waals surface area contributed by atoms with Gasteiger partial charge in [0.15, 0.2) is 0 Å². The SMILES string of the molecule is CN1C[C@@H](NC(=O)c2cncn2-c2ccccc2)[C@H](c2cncn2C)C1. The summed E-state index contributed by atoms with van der Waals surface area (Å²) in [5.41, 5.74) is 2.59. The molecular formula is C19H22N6O. The van der Waals surface area contributed by atoms with Gasteiger partial charge in [0.1, 0.15) is 5.69 Å². The quantitative estimate of drug-likeness (QED) is 0.773. The van der Waals surface area contributed by atoms with Crippen LogP contribution >= 0.6 is 0 Å². The Kier molecular flexibility index (Phi) is 4.30. The van der Waals surface area contributed by atoms with Gasteiger partial charge in [-0.15, -0.1) is 0 Å². The summed E-state index contributed by atoms with van der Waals surface area (Å²) in [5, 5.41) is 3.20. The summed E-state index contributed by atoms with van der Waals surface area (Å²) in [4.78, 5) is 23.6. The number of amides is 1. The van der Waals surface area contributed by atoms with Crippen LogP contribution in [0.25, 0.3) is 5.69 Å². The highest BCUT2D eigenvalue weighted by Crippen LogP contribution is 2.26. The Morgan fingerprint density at radius 3 is 2.58 bits per heavy atom. The number of carbonyl (C=O) groups is 1. The minimum atomic E-state index is -0.112. The average Bonchev–Trinajstić information content (AvgIpc) is 3.35. The minimum Gasteiger partial charge on any atom is -0.346 e. The topological polar surface area (TPSA) is 68.0 Å². The Hall–Kier alpha value is -2.93. The third-order valence-corrected chi connectivity index (χ3v) is 4.96. The lowest BCUT2D eigenvalue weighted by atomic mass is 10.00. The van der Waals surface area contributed by atoms with Crippen LogP contribution in [0.3, 0.4) is 0 Å². The van der Waals surface area contributed by atoms with Gasteiger partial charge in [-0.25, -0.2) is 9.97 Å². The second-order valence-electron chi connectivity index (χ2n) is 6.82. The zero-order valence-electron chi connectivity index (χ0n) is 14.9. The van der Waals surface area contributed by atoms with Crippen molar-refractivity contribution in [2.24, 2.45) is 7.05 Å². The van der Waals surface area contributed by atoms with Crippen molar-refractivity contribution in [2.45, 2.75) is 12.0 Å². The summed E-state index contributed by atoms with van der Waals surface area (Å²) in [6.07, 6.45) is 6.97. The molecule has 1 amide bonds. The molecule has 26 heavy (non-hydrogen) atoms. The number of nitrogens with zero attached hydrogens (tertiary/aromatic N) is 5. The molecular weight excluding hydrogens is 328 g/mol. The molecule has 7 heteroatoms. The van der Waals surface area contributed by atoms with Crippen LogP contribution in [0, 0.1) is 0 Å². The van der Waals surface area contributed by atoms with Gasteiger partial charge in [-0.05, 0) is 19.2 Å². The highest BCUT2D eigenvalue weighted by Gasteiger charge is 2.35. The fourth-order valence-corrected chi connectivity index (χ4v) is 3.67.